The first kappa shape index (κ1) is 24.9. The van der Waals surface area contributed by atoms with Gasteiger partial charge in [0, 0.05) is 36.0 Å². The van der Waals surface area contributed by atoms with E-state index in [9.17, 15) is 19.7 Å². The van der Waals surface area contributed by atoms with Gasteiger partial charge in [0.1, 0.15) is 0 Å². The lowest BCUT2D eigenvalue weighted by Gasteiger charge is -2.08. The Balaban J connectivity index is 1.50. The minimum atomic E-state index is -0.488. The van der Waals surface area contributed by atoms with Crippen molar-refractivity contribution in [3.8, 4) is 0 Å². The molecule has 2 N–H and O–H groups in total. The molecule has 176 valence electrons. The van der Waals surface area contributed by atoms with Gasteiger partial charge in [0.2, 0.25) is 11.8 Å². The number of anilines is 1. The molecule has 0 saturated carbocycles. The Morgan fingerprint density at radius 1 is 1.24 bits per heavy atom. The molecule has 0 saturated heterocycles. The number of thioether (sulfide) groups is 1. The van der Waals surface area contributed by atoms with E-state index in [0.717, 1.165) is 5.56 Å². The molecule has 3 aromatic rings. The number of hydrogen-bond donors (Lipinski definition) is 2. The summed E-state index contributed by atoms with van der Waals surface area (Å²) in [7, 11) is 1.74. The molecule has 2 amide bonds. The van der Waals surface area contributed by atoms with Crippen molar-refractivity contribution in [1.29, 1.82) is 0 Å². The molecule has 0 atom stereocenters. The normalized spacial score (nSPS) is 10.9. The molecular formula is C22H21ClN6O4S. The first-order chi connectivity index (χ1) is 16.2. The number of non-ortho nitro benzene ring substituents is 1. The second kappa shape index (κ2) is 11.4. The third-order valence-electron chi connectivity index (χ3n) is 4.69. The number of nitro benzene ring substituents is 1. The van der Waals surface area contributed by atoms with Crippen LogP contribution in [0.1, 0.15) is 17.0 Å². The molecular weight excluding hydrogens is 480 g/mol. The van der Waals surface area contributed by atoms with E-state index in [-0.39, 0.29) is 29.8 Å². The minimum absolute atomic E-state index is 0.0390. The Hall–Kier alpha value is -3.70. The van der Waals surface area contributed by atoms with E-state index >= 15 is 0 Å². The molecule has 34 heavy (non-hydrogen) atoms. The Morgan fingerprint density at radius 3 is 2.71 bits per heavy atom. The zero-order valence-electron chi connectivity index (χ0n) is 18.3. The molecule has 12 heteroatoms. The van der Waals surface area contributed by atoms with Crippen LogP contribution >= 0.6 is 23.4 Å². The summed E-state index contributed by atoms with van der Waals surface area (Å²) in [6, 6.07) is 11.4. The number of aromatic nitrogens is 3. The van der Waals surface area contributed by atoms with Crippen molar-refractivity contribution < 1.29 is 14.5 Å². The van der Waals surface area contributed by atoms with Gasteiger partial charge in [0.15, 0.2) is 11.0 Å². The quantitative estimate of drug-likeness (QED) is 0.198. The van der Waals surface area contributed by atoms with E-state index in [0.29, 0.717) is 27.3 Å². The van der Waals surface area contributed by atoms with Crippen LogP contribution in [-0.4, -0.2) is 37.3 Å². The lowest BCUT2D eigenvalue weighted by molar-refractivity contribution is -0.384. The van der Waals surface area contributed by atoms with Gasteiger partial charge in [0.25, 0.3) is 5.69 Å². The van der Waals surface area contributed by atoms with E-state index in [1.54, 1.807) is 36.7 Å². The SMILES string of the molecule is Cc1cc([N+](=O)[O-])ccc1NC(=O)CSc1nnc(CNC(=O)/C=C/c2ccccc2Cl)n1C. The van der Waals surface area contributed by atoms with Crippen LogP contribution in [0.15, 0.2) is 53.7 Å². The van der Waals surface area contributed by atoms with Crippen molar-refractivity contribution in [3.05, 3.63) is 80.6 Å². The van der Waals surface area contributed by atoms with Crippen molar-refractivity contribution in [2.24, 2.45) is 7.05 Å². The fourth-order valence-corrected chi connectivity index (χ4v) is 3.77. The highest BCUT2D eigenvalue weighted by Gasteiger charge is 2.14. The number of nitrogens with one attached hydrogen (secondary N) is 2. The Bertz CT molecular complexity index is 1260. The standard InChI is InChI=1S/C22H21ClN6O4S/c1-14-11-16(29(32)33)8-9-18(14)25-21(31)13-34-22-27-26-19(28(22)2)12-24-20(30)10-7-15-5-3-4-6-17(15)23/h3-11H,12-13H2,1-2H3,(H,24,30)(H,25,31)/b10-7+. The Morgan fingerprint density at radius 2 is 2.00 bits per heavy atom. The molecule has 0 unspecified atom stereocenters. The second-order valence-corrected chi connectivity index (χ2v) is 8.47. The van der Waals surface area contributed by atoms with Crippen LogP contribution in [0.4, 0.5) is 11.4 Å². The van der Waals surface area contributed by atoms with E-state index < -0.39 is 4.92 Å². The predicted molar refractivity (Wildman–Crippen MR) is 131 cm³/mol. The molecule has 0 fully saturated rings. The molecule has 0 aliphatic rings. The van der Waals surface area contributed by atoms with E-state index in [1.807, 2.05) is 12.1 Å². The number of carbonyl (C=O) groups excluding carboxylic acids is 2. The molecule has 0 aliphatic heterocycles. The third-order valence-corrected chi connectivity index (χ3v) is 6.06. The molecule has 0 aliphatic carbocycles. The van der Waals surface area contributed by atoms with Crippen LogP contribution in [0, 0.1) is 17.0 Å². The zero-order chi connectivity index (χ0) is 24.7. The maximum Gasteiger partial charge on any atom is 0.269 e. The van der Waals surface area contributed by atoms with Gasteiger partial charge in [-0.15, -0.1) is 10.2 Å². The maximum atomic E-state index is 12.3. The van der Waals surface area contributed by atoms with Crippen LogP contribution in [0.2, 0.25) is 5.02 Å². The van der Waals surface area contributed by atoms with E-state index in [2.05, 4.69) is 20.8 Å². The van der Waals surface area contributed by atoms with Crippen molar-refractivity contribution in [3.63, 3.8) is 0 Å². The number of nitro groups is 1. The first-order valence-corrected chi connectivity index (χ1v) is 11.4. The number of benzene rings is 2. The van der Waals surface area contributed by atoms with Crippen LogP contribution in [-0.2, 0) is 23.2 Å². The summed E-state index contributed by atoms with van der Waals surface area (Å²) < 4.78 is 1.69. The van der Waals surface area contributed by atoms with Gasteiger partial charge in [0.05, 0.1) is 17.2 Å². The van der Waals surface area contributed by atoms with Gasteiger partial charge >= 0.3 is 0 Å². The van der Waals surface area contributed by atoms with Crippen molar-refractivity contribution in [2.45, 2.75) is 18.6 Å². The Kier molecular flexibility index (Phi) is 8.39. The first-order valence-electron chi connectivity index (χ1n) is 10.0. The molecule has 2 aromatic carbocycles. The second-order valence-electron chi connectivity index (χ2n) is 7.12. The van der Waals surface area contributed by atoms with Crippen molar-refractivity contribution >= 4 is 52.6 Å². The van der Waals surface area contributed by atoms with Crippen LogP contribution < -0.4 is 10.6 Å². The molecule has 0 bridgehead atoms. The summed E-state index contributed by atoms with van der Waals surface area (Å²) in [6.45, 7) is 1.84. The molecule has 0 radical (unpaired) electrons. The number of nitrogens with zero attached hydrogens (tertiary/aromatic N) is 4. The van der Waals surface area contributed by atoms with Crippen LogP contribution in [0.5, 0.6) is 0 Å². The van der Waals surface area contributed by atoms with Crippen molar-refractivity contribution in [1.82, 2.24) is 20.1 Å². The summed E-state index contributed by atoms with van der Waals surface area (Å²) in [4.78, 5) is 34.8. The third kappa shape index (κ3) is 6.65. The topological polar surface area (TPSA) is 132 Å². The average Bonchev–Trinajstić information content (AvgIpc) is 3.16. The monoisotopic (exact) mass is 500 g/mol. The lowest BCUT2D eigenvalue weighted by Crippen LogP contribution is -2.22. The van der Waals surface area contributed by atoms with E-state index in [1.165, 1.54) is 36.0 Å². The Labute approximate surface area is 204 Å². The lowest BCUT2D eigenvalue weighted by atomic mass is 10.2. The summed E-state index contributed by atoms with van der Waals surface area (Å²) in [5, 5.41) is 25.5. The average molecular weight is 501 g/mol. The fraction of sp³-hybridized carbons (Fsp3) is 0.182. The van der Waals surface area contributed by atoms with Gasteiger partial charge in [-0.2, -0.15) is 0 Å². The van der Waals surface area contributed by atoms with Crippen LogP contribution in [0.25, 0.3) is 6.08 Å². The number of hydrogen-bond acceptors (Lipinski definition) is 7. The number of halogens is 1. The van der Waals surface area contributed by atoms with Gasteiger partial charge in [-0.3, -0.25) is 19.7 Å². The highest BCUT2D eigenvalue weighted by molar-refractivity contribution is 7.99. The largest absolute Gasteiger partial charge is 0.345 e. The predicted octanol–water partition coefficient (Wildman–Crippen LogP) is 3.75. The summed E-state index contributed by atoms with van der Waals surface area (Å²) in [5.74, 6) is -0.0110. The van der Waals surface area contributed by atoms with Gasteiger partial charge in [-0.25, -0.2) is 0 Å². The van der Waals surface area contributed by atoms with Gasteiger partial charge < -0.3 is 15.2 Å². The number of rotatable bonds is 9. The molecule has 10 nitrogen and oxygen atoms in total. The smallest absolute Gasteiger partial charge is 0.269 e. The zero-order valence-corrected chi connectivity index (χ0v) is 19.9. The van der Waals surface area contributed by atoms with Crippen molar-refractivity contribution in [2.75, 3.05) is 11.1 Å². The number of carbonyl (C=O) groups is 2. The summed E-state index contributed by atoms with van der Waals surface area (Å²) in [5.41, 5.74) is 1.79. The van der Waals surface area contributed by atoms with Gasteiger partial charge in [-0.1, -0.05) is 41.6 Å². The molecule has 1 aromatic heterocycles. The van der Waals surface area contributed by atoms with E-state index in [4.69, 9.17) is 11.6 Å². The molecule has 0 spiro atoms. The highest BCUT2D eigenvalue weighted by atomic mass is 35.5. The number of amides is 2. The van der Waals surface area contributed by atoms with Crippen LogP contribution in [0.3, 0.4) is 0 Å². The highest BCUT2D eigenvalue weighted by Crippen LogP contribution is 2.22. The summed E-state index contributed by atoms with van der Waals surface area (Å²) >= 11 is 7.25. The van der Waals surface area contributed by atoms with Gasteiger partial charge in [-0.05, 0) is 36.3 Å². The molecule has 3 rings (SSSR count). The number of aryl methyl sites for hydroxylation is 1. The minimum Gasteiger partial charge on any atom is -0.345 e. The summed E-state index contributed by atoms with van der Waals surface area (Å²) in [6.07, 6.45) is 3.01. The molecule has 1 heterocycles. The fourth-order valence-electron chi connectivity index (χ4n) is 2.84. The maximum absolute atomic E-state index is 12.3.